The molecule has 1 aromatic carbocycles. The third-order valence-electron chi connectivity index (χ3n) is 5.34. The zero-order valence-corrected chi connectivity index (χ0v) is 16.1. The lowest BCUT2D eigenvalue weighted by Crippen LogP contribution is -2.32. The maximum atomic E-state index is 12.9. The molecule has 29 heavy (non-hydrogen) atoms. The van der Waals surface area contributed by atoms with Crippen molar-refractivity contribution in [3.8, 4) is 11.4 Å². The first-order valence-corrected chi connectivity index (χ1v) is 9.66. The van der Waals surface area contributed by atoms with Crippen LogP contribution >= 0.6 is 0 Å². The van der Waals surface area contributed by atoms with E-state index in [0.717, 1.165) is 47.7 Å². The van der Waals surface area contributed by atoms with Crippen molar-refractivity contribution in [2.75, 3.05) is 6.54 Å². The van der Waals surface area contributed by atoms with Crippen LogP contribution in [0.25, 0.3) is 22.4 Å². The highest BCUT2D eigenvalue weighted by atomic mass is 16.3. The number of aromatic nitrogens is 3. The lowest BCUT2D eigenvalue weighted by atomic mass is 10.1. The van der Waals surface area contributed by atoms with Crippen molar-refractivity contribution in [2.24, 2.45) is 0 Å². The number of pyridine rings is 1. The van der Waals surface area contributed by atoms with E-state index in [1.807, 2.05) is 43.5 Å². The van der Waals surface area contributed by atoms with Crippen molar-refractivity contribution in [3.63, 3.8) is 0 Å². The molecule has 0 N–H and O–H groups in total. The van der Waals surface area contributed by atoms with Crippen LogP contribution in [-0.4, -0.2) is 26.4 Å². The fourth-order valence-corrected chi connectivity index (χ4v) is 3.78. The van der Waals surface area contributed by atoms with E-state index in [2.05, 4.69) is 14.9 Å². The molecule has 0 fully saturated rings. The van der Waals surface area contributed by atoms with Gasteiger partial charge in [0.1, 0.15) is 5.58 Å². The van der Waals surface area contributed by atoms with Gasteiger partial charge in [-0.1, -0.05) is 11.6 Å². The van der Waals surface area contributed by atoms with E-state index in [1.54, 1.807) is 18.7 Å². The maximum Gasteiger partial charge on any atom is 0.197 e. The minimum Gasteiger partial charge on any atom is -0.464 e. The Bertz CT molecular complexity index is 1250. The van der Waals surface area contributed by atoms with Gasteiger partial charge in [-0.2, -0.15) is 0 Å². The first-order chi connectivity index (χ1) is 14.2. The van der Waals surface area contributed by atoms with Gasteiger partial charge in [-0.15, -0.1) is 0 Å². The van der Waals surface area contributed by atoms with Crippen LogP contribution in [0.15, 0.2) is 64.4 Å². The van der Waals surface area contributed by atoms with Crippen LogP contribution < -0.4 is 5.43 Å². The molecule has 0 spiro atoms. The van der Waals surface area contributed by atoms with Gasteiger partial charge in [-0.3, -0.25) is 14.7 Å². The highest BCUT2D eigenvalue weighted by molar-refractivity contribution is 5.77. The predicted molar refractivity (Wildman–Crippen MR) is 110 cm³/mol. The second-order valence-corrected chi connectivity index (χ2v) is 7.45. The van der Waals surface area contributed by atoms with Gasteiger partial charge in [0.2, 0.25) is 0 Å². The predicted octanol–water partition coefficient (Wildman–Crippen LogP) is 3.51. The van der Waals surface area contributed by atoms with Gasteiger partial charge in [0.25, 0.3) is 0 Å². The van der Waals surface area contributed by atoms with Crippen molar-refractivity contribution in [3.05, 3.63) is 87.8 Å². The Morgan fingerprint density at radius 2 is 2.03 bits per heavy atom. The summed E-state index contributed by atoms with van der Waals surface area (Å²) in [5, 5.41) is 0.644. The van der Waals surface area contributed by atoms with Gasteiger partial charge < -0.3 is 4.42 Å². The van der Waals surface area contributed by atoms with E-state index in [9.17, 15) is 4.79 Å². The van der Waals surface area contributed by atoms with E-state index in [-0.39, 0.29) is 5.43 Å². The number of fused-ring (bicyclic) bond motifs is 2. The Hall–Kier alpha value is -3.38. The molecule has 0 unspecified atom stereocenters. The van der Waals surface area contributed by atoms with Crippen LogP contribution in [0.4, 0.5) is 0 Å². The summed E-state index contributed by atoms with van der Waals surface area (Å²) in [6.07, 6.45) is 7.82. The van der Waals surface area contributed by atoms with Gasteiger partial charge in [-0.05, 0) is 31.2 Å². The Morgan fingerprint density at radius 3 is 2.90 bits per heavy atom. The molecule has 6 heteroatoms. The van der Waals surface area contributed by atoms with Gasteiger partial charge in [0, 0.05) is 61.3 Å². The lowest BCUT2D eigenvalue weighted by molar-refractivity contribution is 0.240. The van der Waals surface area contributed by atoms with Crippen molar-refractivity contribution >= 4 is 11.0 Å². The monoisotopic (exact) mass is 384 g/mol. The van der Waals surface area contributed by atoms with Crippen molar-refractivity contribution in [2.45, 2.75) is 26.4 Å². The summed E-state index contributed by atoms with van der Waals surface area (Å²) >= 11 is 0. The first-order valence-electron chi connectivity index (χ1n) is 9.66. The van der Waals surface area contributed by atoms with E-state index in [0.29, 0.717) is 23.1 Å². The molecule has 6 nitrogen and oxygen atoms in total. The molecule has 0 saturated heterocycles. The smallest absolute Gasteiger partial charge is 0.197 e. The molecule has 0 saturated carbocycles. The molecule has 4 heterocycles. The lowest BCUT2D eigenvalue weighted by Gasteiger charge is -2.27. The van der Waals surface area contributed by atoms with Crippen LogP contribution in [0.5, 0.6) is 0 Å². The van der Waals surface area contributed by atoms with E-state index < -0.39 is 0 Å². The minimum absolute atomic E-state index is 0.0463. The van der Waals surface area contributed by atoms with Gasteiger partial charge in [-0.25, -0.2) is 9.97 Å². The van der Waals surface area contributed by atoms with Gasteiger partial charge >= 0.3 is 0 Å². The Morgan fingerprint density at radius 1 is 1.17 bits per heavy atom. The quantitative estimate of drug-likeness (QED) is 0.538. The third-order valence-corrected chi connectivity index (χ3v) is 5.34. The topological polar surface area (TPSA) is 72.1 Å². The molecular weight excluding hydrogens is 364 g/mol. The van der Waals surface area contributed by atoms with Crippen LogP contribution in [0, 0.1) is 6.92 Å². The largest absolute Gasteiger partial charge is 0.464 e. The van der Waals surface area contributed by atoms with E-state index in [1.165, 1.54) is 0 Å². The molecule has 3 aromatic heterocycles. The summed E-state index contributed by atoms with van der Waals surface area (Å²) < 4.78 is 5.70. The number of hydrogen-bond acceptors (Lipinski definition) is 6. The molecule has 1 aliphatic rings. The van der Waals surface area contributed by atoms with Gasteiger partial charge in [0.05, 0.1) is 17.3 Å². The Kier molecular flexibility index (Phi) is 4.41. The number of nitrogens with zero attached hydrogens (tertiary/aromatic N) is 4. The molecule has 144 valence electrons. The van der Waals surface area contributed by atoms with Crippen LogP contribution in [0.2, 0.25) is 0 Å². The molecular formula is C23H20N4O2. The number of benzene rings is 1. The molecule has 0 atom stereocenters. The molecule has 1 aliphatic heterocycles. The molecule has 0 amide bonds. The fourth-order valence-electron chi connectivity index (χ4n) is 3.78. The van der Waals surface area contributed by atoms with Crippen LogP contribution in [0.1, 0.15) is 22.4 Å². The summed E-state index contributed by atoms with van der Waals surface area (Å²) in [7, 11) is 0. The Labute approximate surface area is 167 Å². The first kappa shape index (κ1) is 17.7. The number of rotatable bonds is 3. The standard InChI is InChI=1S/C23H20N4O2/c1-15-2-3-21-19(10-15)22(28)18(14-29-21)13-27-9-6-20-17(12-27)11-25-23(26-20)16-4-7-24-8-5-16/h2-5,7-8,10-11,14H,6,9,12-13H2,1H3. The number of hydrogen-bond donors (Lipinski definition) is 0. The summed E-state index contributed by atoms with van der Waals surface area (Å²) in [5.41, 5.74) is 5.56. The van der Waals surface area contributed by atoms with Crippen molar-refractivity contribution < 1.29 is 4.42 Å². The molecule has 0 bridgehead atoms. The summed E-state index contributed by atoms with van der Waals surface area (Å²) in [6, 6.07) is 9.53. The van der Waals surface area contributed by atoms with Crippen molar-refractivity contribution in [1.82, 2.24) is 19.9 Å². The van der Waals surface area contributed by atoms with Crippen molar-refractivity contribution in [1.29, 1.82) is 0 Å². The van der Waals surface area contributed by atoms with Crippen LogP contribution in [0.3, 0.4) is 0 Å². The third kappa shape index (κ3) is 3.43. The number of aryl methyl sites for hydroxylation is 1. The normalized spacial score (nSPS) is 14.1. The molecule has 4 aromatic rings. The SMILES string of the molecule is Cc1ccc2occ(CN3CCc4nc(-c5ccncc5)ncc4C3)c(=O)c2c1. The second kappa shape index (κ2) is 7.22. The van der Waals surface area contributed by atoms with Gasteiger partial charge in [0.15, 0.2) is 11.3 Å². The Balaban J connectivity index is 1.38. The second-order valence-electron chi connectivity index (χ2n) is 7.45. The molecule has 0 radical (unpaired) electrons. The average molecular weight is 384 g/mol. The molecule has 0 aliphatic carbocycles. The average Bonchev–Trinajstić information content (AvgIpc) is 2.76. The van der Waals surface area contributed by atoms with Crippen LogP contribution in [-0.2, 0) is 19.5 Å². The minimum atomic E-state index is 0.0463. The zero-order valence-electron chi connectivity index (χ0n) is 16.1. The van der Waals surface area contributed by atoms with E-state index >= 15 is 0 Å². The zero-order chi connectivity index (χ0) is 19.8. The highest BCUT2D eigenvalue weighted by Gasteiger charge is 2.20. The molecule has 5 rings (SSSR count). The maximum absolute atomic E-state index is 12.9. The summed E-state index contributed by atoms with van der Waals surface area (Å²) in [6.45, 7) is 4.09. The van der Waals surface area contributed by atoms with E-state index in [4.69, 9.17) is 9.40 Å². The fraction of sp³-hybridized carbons (Fsp3) is 0.217. The summed E-state index contributed by atoms with van der Waals surface area (Å²) in [4.78, 5) is 28.4. The summed E-state index contributed by atoms with van der Waals surface area (Å²) in [5.74, 6) is 0.727. The highest BCUT2D eigenvalue weighted by Crippen LogP contribution is 2.22.